The average Bonchev–Trinajstić information content (AvgIpc) is 2.58. The van der Waals surface area contributed by atoms with Gasteiger partial charge in [0.05, 0.1) is 5.56 Å². The lowest BCUT2D eigenvalue weighted by Crippen LogP contribution is -2.20. The van der Waals surface area contributed by atoms with E-state index in [0.29, 0.717) is 12.1 Å². The van der Waals surface area contributed by atoms with Crippen molar-refractivity contribution in [2.75, 3.05) is 19.0 Å². The third-order valence-electron chi connectivity index (χ3n) is 3.56. The zero-order valence-electron chi connectivity index (χ0n) is 14.0. The Labute approximate surface area is 144 Å². The van der Waals surface area contributed by atoms with Gasteiger partial charge in [-0.2, -0.15) is 13.2 Å². The quantitative estimate of drug-likeness (QED) is 0.825. The lowest BCUT2D eigenvalue weighted by atomic mass is 10.1. The van der Waals surface area contributed by atoms with Crippen molar-refractivity contribution >= 4 is 17.7 Å². The first kappa shape index (κ1) is 18.6. The van der Waals surface area contributed by atoms with Crippen molar-refractivity contribution in [2.45, 2.75) is 12.7 Å². The number of carbonyl (C=O) groups is 1. The van der Waals surface area contributed by atoms with Gasteiger partial charge in [0.2, 0.25) is 5.91 Å². The third-order valence-corrected chi connectivity index (χ3v) is 3.56. The highest BCUT2D eigenvalue weighted by Gasteiger charge is 2.30. The highest BCUT2D eigenvalue weighted by Crippen LogP contribution is 2.29. The average molecular weight is 348 g/mol. The van der Waals surface area contributed by atoms with E-state index in [2.05, 4.69) is 5.32 Å². The van der Waals surface area contributed by atoms with Gasteiger partial charge in [0.1, 0.15) is 0 Å². The summed E-state index contributed by atoms with van der Waals surface area (Å²) in [6.45, 7) is 0.347. The normalized spacial score (nSPS) is 11.6. The molecule has 132 valence electrons. The maximum Gasteiger partial charge on any atom is 0.416 e. The Morgan fingerprint density at radius 1 is 1.12 bits per heavy atom. The zero-order chi connectivity index (χ0) is 18.4. The summed E-state index contributed by atoms with van der Waals surface area (Å²) < 4.78 is 37.9. The Kier molecular flexibility index (Phi) is 5.85. The van der Waals surface area contributed by atoms with E-state index < -0.39 is 11.7 Å². The lowest BCUT2D eigenvalue weighted by Gasteiger charge is -2.12. The molecule has 0 saturated heterocycles. The van der Waals surface area contributed by atoms with Gasteiger partial charge in [-0.1, -0.05) is 24.3 Å². The van der Waals surface area contributed by atoms with Crippen LogP contribution in [0.5, 0.6) is 0 Å². The fourth-order valence-electron chi connectivity index (χ4n) is 2.15. The van der Waals surface area contributed by atoms with Gasteiger partial charge in [0.25, 0.3) is 0 Å². The Bertz CT molecular complexity index is 750. The van der Waals surface area contributed by atoms with Crippen LogP contribution in [0.25, 0.3) is 6.08 Å². The van der Waals surface area contributed by atoms with E-state index >= 15 is 0 Å². The molecule has 0 unspecified atom stereocenters. The molecule has 0 fully saturated rings. The van der Waals surface area contributed by atoms with E-state index in [1.165, 1.54) is 24.3 Å². The molecule has 2 aromatic carbocycles. The number of alkyl halides is 3. The van der Waals surface area contributed by atoms with Crippen molar-refractivity contribution in [2.24, 2.45) is 0 Å². The molecule has 3 nitrogen and oxygen atoms in total. The Morgan fingerprint density at radius 2 is 1.80 bits per heavy atom. The smallest absolute Gasteiger partial charge is 0.378 e. The summed E-state index contributed by atoms with van der Waals surface area (Å²) in [5, 5.41) is 2.70. The largest absolute Gasteiger partial charge is 0.416 e. The number of nitrogens with zero attached hydrogens (tertiary/aromatic N) is 1. The zero-order valence-corrected chi connectivity index (χ0v) is 14.0. The van der Waals surface area contributed by atoms with Gasteiger partial charge in [0.15, 0.2) is 0 Å². The number of hydrogen-bond donors (Lipinski definition) is 1. The van der Waals surface area contributed by atoms with Crippen LogP contribution in [0.3, 0.4) is 0 Å². The van der Waals surface area contributed by atoms with E-state index in [4.69, 9.17) is 0 Å². The molecule has 0 spiro atoms. The van der Waals surface area contributed by atoms with Crippen LogP contribution in [0.4, 0.5) is 18.9 Å². The molecule has 0 atom stereocenters. The van der Waals surface area contributed by atoms with Crippen molar-refractivity contribution in [1.29, 1.82) is 0 Å². The van der Waals surface area contributed by atoms with Gasteiger partial charge in [-0.05, 0) is 41.5 Å². The molecular weight excluding hydrogens is 329 g/mol. The third kappa shape index (κ3) is 5.67. The van der Waals surface area contributed by atoms with E-state index in [0.717, 1.165) is 23.4 Å². The molecule has 0 radical (unpaired) electrons. The number of hydrogen-bond acceptors (Lipinski definition) is 2. The number of amides is 1. The highest BCUT2D eigenvalue weighted by molar-refractivity contribution is 5.91. The standard InChI is InChI=1S/C19H19F3N2O/c1-24(2)17-9-6-15(7-10-17)13-23-18(25)11-8-14-4-3-5-16(12-14)19(20,21)22/h3-12H,13H2,1-2H3,(H,23,25)/b11-8+. The molecular formula is C19H19F3N2O. The molecule has 0 aliphatic rings. The molecule has 2 aromatic rings. The van der Waals surface area contributed by atoms with E-state index in [-0.39, 0.29) is 5.91 Å². The van der Waals surface area contributed by atoms with Crippen molar-refractivity contribution in [3.8, 4) is 0 Å². The molecule has 0 bridgehead atoms. The van der Waals surface area contributed by atoms with Gasteiger partial charge in [-0.3, -0.25) is 4.79 Å². The predicted octanol–water partition coefficient (Wildman–Crippen LogP) is 4.10. The summed E-state index contributed by atoms with van der Waals surface area (Å²) in [6, 6.07) is 12.5. The number of nitrogens with one attached hydrogen (secondary N) is 1. The summed E-state index contributed by atoms with van der Waals surface area (Å²) in [6.07, 6.45) is -1.81. The summed E-state index contributed by atoms with van der Waals surface area (Å²) in [5.74, 6) is -0.367. The molecule has 1 amide bonds. The van der Waals surface area contributed by atoms with Crippen LogP contribution < -0.4 is 10.2 Å². The molecule has 0 aliphatic heterocycles. The molecule has 1 N–H and O–H groups in total. The minimum absolute atomic E-state index is 0.320. The van der Waals surface area contributed by atoms with E-state index in [1.54, 1.807) is 0 Å². The van der Waals surface area contributed by atoms with Crippen LogP contribution in [0.2, 0.25) is 0 Å². The van der Waals surface area contributed by atoms with Gasteiger partial charge < -0.3 is 10.2 Å². The van der Waals surface area contributed by atoms with Crippen molar-refractivity contribution in [3.63, 3.8) is 0 Å². The van der Waals surface area contributed by atoms with Crippen LogP contribution >= 0.6 is 0 Å². The fourth-order valence-corrected chi connectivity index (χ4v) is 2.15. The van der Waals surface area contributed by atoms with Crippen molar-refractivity contribution < 1.29 is 18.0 Å². The molecule has 2 rings (SSSR count). The maximum atomic E-state index is 12.6. The minimum Gasteiger partial charge on any atom is -0.378 e. The Hall–Kier alpha value is -2.76. The molecule has 6 heteroatoms. The number of carbonyl (C=O) groups excluding carboxylic acids is 1. The summed E-state index contributed by atoms with van der Waals surface area (Å²) in [4.78, 5) is 13.8. The molecule has 0 aromatic heterocycles. The second kappa shape index (κ2) is 7.88. The number of halogens is 3. The van der Waals surface area contributed by atoms with Crippen LogP contribution in [0, 0.1) is 0 Å². The van der Waals surface area contributed by atoms with E-state index in [9.17, 15) is 18.0 Å². The van der Waals surface area contributed by atoms with Crippen molar-refractivity contribution in [3.05, 3.63) is 71.3 Å². The second-order valence-electron chi connectivity index (χ2n) is 5.74. The fraction of sp³-hybridized carbons (Fsp3) is 0.211. The van der Waals surface area contributed by atoms with Crippen LogP contribution in [0.1, 0.15) is 16.7 Å². The van der Waals surface area contributed by atoms with Crippen molar-refractivity contribution in [1.82, 2.24) is 5.32 Å². The van der Waals surface area contributed by atoms with E-state index in [1.807, 2.05) is 43.3 Å². The summed E-state index contributed by atoms with van der Waals surface area (Å²) >= 11 is 0. The van der Waals surface area contributed by atoms with Gasteiger partial charge >= 0.3 is 6.18 Å². The number of rotatable bonds is 5. The number of benzene rings is 2. The maximum absolute atomic E-state index is 12.6. The van der Waals surface area contributed by atoms with Gasteiger partial charge in [-0.25, -0.2) is 0 Å². The number of anilines is 1. The van der Waals surface area contributed by atoms with Crippen LogP contribution in [0.15, 0.2) is 54.6 Å². The van der Waals surface area contributed by atoms with Gasteiger partial charge in [0, 0.05) is 32.4 Å². The first-order valence-electron chi connectivity index (χ1n) is 7.65. The first-order valence-corrected chi connectivity index (χ1v) is 7.65. The van der Waals surface area contributed by atoms with Crippen LogP contribution in [-0.4, -0.2) is 20.0 Å². The summed E-state index contributed by atoms with van der Waals surface area (Å²) in [5.41, 5.74) is 1.57. The predicted molar refractivity (Wildman–Crippen MR) is 93.1 cm³/mol. The molecule has 0 aliphatic carbocycles. The highest BCUT2D eigenvalue weighted by atomic mass is 19.4. The Morgan fingerprint density at radius 3 is 2.40 bits per heavy atom. The monoisotopic (exact) mass is 348 g/mol. The summed E-state index contributed by atoms with van der Waals surface area (Å²) in [7, 11) is 3.88. The molecule has 0 saturated carbocycles. The van der Waals surface area contributed by atoms with Crippen LogP contribution in [-0.2, 0) is 17.5 Å². The second-order valence-corrected chi connectivity index (χ2v) is 5.74. The molecule has 0 heterocycles. The Balaban J connectivity index is 1.92. The molecule has 25 heavy (non-hydrogen) atoms. The topological polar surface area (TPSA) is 32.3 Å². The minimum atomic E-state index is -4.40. The lowest BCUT2D eigenvalue weighted by molar-refractivity contribution is -0.137. The first-order chi connectivity index (χ1) is 11.8. The van der Waals surface area contributed by atoms with Gasteiger partial charge in [-0.15, -0.1) is 0 Å². The SMILES string of the molecule is CN(C)c1ccc(CNC(=O)/C=C/c2cccc(C(F)(F)F)c2)cc1.